The molecule has 3 aliphatic rings. The maximum absolute atomic E-state index is 12.9. The van der Waals surface area contributed by atoms with Gasteiger partial charge in [-0.05, 0) is 50.9 Å². The molecular formula is C15H25NO2S. The van der Waals surface area contributed by atoms with Gasteiger partial charge in [-0.1, -0.05) is 6.92 Å². The average Bonchev–Trinajstić information content (AvgIpc) is 2.87. The van der Waals surface area contributed by atoms with E-state index in [0.29, 0.717) is 5.78 Å². The van der Waals surface area contributed by atoms with Crippen LogP contribution in [0.1, 0.15) is 39.0 Å². The molecule has 1 N–H and O–H groups in total. The third-order valence-electron chi connectivity index (χ3n) is 5.23. The van der Waals surface area contributed by atoms with E-state index in [0.717, 1.165) is 57.6 Å². The van der Waals surface area contributed by atoms with Crippen molar-refractivity contribution in [1.82, 2.24) is 5.32 Å². The molecule has 0 aromatic rings. The van der Waals surface area contributed by atoms with Crippen LogP contribution in [0.4, 0.5) is 0 Å². The standard InChI is InChI=1S/C15H25NO2S/c1-14(3-6-16-7-4-14)13(17)12-2-8-18-15(10-12)5-9-19-11-15/h12,16H,2-11H2,1H3. The van der Waals surface area contributed by atoms with Crippen LogP contribution in [0.5, 0.6) is 0 Å². The van der Waals surface area contributed by atoms with E-state index < -0.39 is 0 Å². The third kappa shape index (κ3) is 2.72. The predicted octanol–water partition coefficient (Wildman–Crippen LogP) is 2.25. The topological polar surface area (TPSA) is 38.3 Å². The first-order valence-electron chi connectivity index (χ1n) is 7.60. The number of thioether (sulfide) groups is 1. The number of carbonyl (C=O) groups is 1. The van der Waals surface area contributed by atoms with Gasteiger partial charge in [0.2, 0.25) is 0 Å². The van der Waals surface area contributed by atoms with Crippen molar-refractivity contribution in [3.8, 4) is 0 Å². The molecule has 0 radical (unpaired) electrons. The van der Waals surface area contributed by atoms with Crippen LogP contribution in [0.3, 0.4) is 0 Å². The van der Waals surface area contributed by atoms with Crippen molar-refractivity contribution >= 4 is 17.5 Å². The lowest BCUT2D eigenvalue weighted by Gasteiger charge is -2.41. The molecule has 19 heavy (non-hydrogen) atoms. The number of nitrogens with one attached hydrogen (secondary N) is 1. The summed E-state index contributed by atoms with van der Waals surface area (Å²) in [5.74, 6) is 3.06. The molecule has 0 amide bonds. The van der Waals surface area contributed by atoms with Crippen molar-refractivity contribution in [3.63, 3.8) is 0 Å². The molecule has 0 bridgehead atoms. The highest BCUT2D eigenvalue weighted by Crippen LogP contribution is 2.43. The lowest BCUT2D eigenvalue weighted by molar-refractivity contribution is -0.144. The summed E-state index contributed by atoms with van der Waals surface area (Å²) in [5.41, 5.74) is -0.0489. The summed E-state index contributed by atoms with van der Waals surface area (Å²) < 4.78 is 6.04. The van der Waals surface area contributed by atoms with Gasteiger partial charge in [0.1, 0.15) is 5.78 Å². The zero-order chi connectivity index (χ0) is 13.3. The lowest BCUT2D eigenvalue weighted by atomic mass is 9.69. The molecule has 4 heteroatoms. The minimum Gasteiger partial charge on any atom is -0.374 e. The Balaban J connectivity index is 1.69. The van der Waals surface area contributed by atoms with E-state index in [-0.39, 0.29) is 16.9 Å². The van der Waals surface area contributed by atoms with Gasteiger partial charge in [-0.3, -0.25) is 4.79 Å². The number of ether oxygens (including phenoxy) is 1. The second-order valence-electron chi connectivity index (χ2n) is 6.70. The van der Waals surface area contributed by atoms with Gasteiger partial charge >= 0.3 is 0 Å². The van der Waals surface area contributed by atoms with Crippen molar-refractivity contribution in [2.45, 2.75) is 44.6 Å². The molecule has 0 aromatic heterocycles. The number of Topliss-reactive ketones (excluding diaryl/α,β-unsaturated/α-hetero) is 1. The maximum atomic E-state index is 12.9. The summed E-state index contributed by atoms with van der Waals surface area (Å²) in [5, 5.41) is 3.37. The van der Waals surface area contributed by atoms with E-state index in [2.05, 4.69) is 12.2 Å². The molecule has 3 nitrogen and oxygen atoms in total. The van der Waals surface area contributed by atoms with Crippen LogP contribution in [-0.2, 0) is 9.53 Å². The van der Waals surface area contributed by atoms with Crippen LogP contribution in [0.25, 0.3) is 0 Å². The fourth-order valence-electron chi connectivity index (χ4n) is 3.83. The Bertz CT molecular complexity index is 346. The summed E-state index contributed by atoms with van der Waals surface area (Å²) in [4.78, 5) is 12.9. The van der Waals surface area contributed by atoms with E-state index in [9.17, 15) is 4.79 Å². The minimum absolute atomic E-state index is 0.0342. The van der Waals surface area contributed by atoms with Gasteiger partial charge in [-0.2, -0.15) is 11.8 Å². The van der Waals surface area contributed by atoms with E-state index in [1.54, 1.807) is 0 Å². The average molecular weight is 283 g/mol. The number of piperidine rings is 1. The molecule has 3 rings (SSSR count). The van der Waals surface area contributed by atoms with Crippen LogP contribution >= 0.6 is 11.8 Å². The number of carbonyl (C=O) groups excluding carboxylic acids is 1. The minimum atomic E-state index is -0.0831. The molecule has 0 aromatic carbocycles. The Morgan fingerprint density at radius 1 is 1.32 bits per heavy atom. The Morgan fingerprint density at radius 2 is 2.11 bits per heavy atom. The molecule has 1 spiro atoms. The van der Waals surface area contributed by atoms with Crippen LogP contribution in [0.2, 0.25) is 0 Å². The van der Waals surface area contributed by atoms with Crippen molar-refractivity contribution < 1.29 is 9.53 Å². The highest BCUT2D eigenvalue weighted by Gasteiger charge is 2.46. The molecule has 3 heterocycles. The summed E-state index contributed by atoms with van der Waals surface area (Å²) >= 11 is 1.98. The molecule has 108 valence electrons. The van der Waals surface area contributed by atoms with Gasteiger partial charge in [0.25, 0.3) is 0 Å². The molecule has 0 saturated carbocycles. The van der Waals surface area contributed by atoms with Crippen LogP contribution < -0.4 is 5.32 Å². The summed E-state index contributed by atoms with van der Waals surface area (Å²) in [6.45, 7) is 4.95. The molecule has 2 atom stereocenters. The van der Waals surface area contributed by atoms with Crippen molar-refractivity contribution in [2.24, 2.45) is 11.3 Å². The first kappa shape index (κ1) is 13.9. The monoisotopic (exact) mass is 283 g/mol. The number of rotatable bonds is 2. The fourth-order valence-corrected chi connectivity index (χ4v) is 5.21. The second kappa shape index (κ2) is 5.38. The first-order valence-corrected chi connectivity index (χ1v) is 8.76. The van der Waals surface area contributed by atoms with Crippen molar-refractivity contribution in [1.29, 1.82) is 0 Å². The summed E-state index contributed by atoms with van der Waals surface area (Å²) in [7, 11) is 0. The van der Waals surface area contributed by atoms with Crippen molar-refractivity contribution in [3.05, 3.63) is 0 Å². The molecule has 3 aliphatic heterocycles. The Kier molecular flexibility index (Phi) is 3.93. The number of hydrogen-bond donors (Lipinski definition) is 1. The molecular weight excluding hydrogens is 258 g/mol. The Hall–Kier alpha value is -0.0600. The summed E-state index contributed by atoms with van der Waals surface area (Å²) in [6, 6.07) is 0. The molecule has 0 aliphatic carbocycles. The van der Waals surface area contributed by atoms with E-state index in [1.807, 2.05) is 11.8 Å². The number of hydrogen-bond acceptors (Lipinski definition) is 4. The summed E-state index contributed by atoms with van der Waals surface area (Å²) in [6.07, 6.45) is 5.06. The molecule has 3 saturated heterocycles. The maximum Gasteiger partial charge on any atom is 0.142 e. The van der Waals surface area contributed by atoms with E-state index in [4.69, 9.17) is 4.74 Å². The van der Waals surface area contributed by atoms with E-state index in [1.165, 1.54) is 5.75 Å². The third-order valence-corrected chi connectivity index (χ3v) is 6.46. The lowest BCUT2D eigenvalue weighted by Crippen LogP contribution is -2.48. The Labute approximate surface area is 120 Å². The zero-order valence-corrected chi connectivity index (χ0v) is 12.7. The fraction of sp³-hybridized carbons (Fsp3) is 0.933. The zero-order valence-electron chi connectivity index (χ0n) is 11.9. The number of ketones is 1. The van der Waals surface area contributed by atoms with Gasteiger partial charge < -0.3 is 10.1 Å². The first-order chi connectivity index (χ1) is 9.14. The van der Waals surface area contributed by atoms with Crippen LogP contribution in [0.15, 0.2) is 0 Å². The quantitative estimate of drug-likeness (QED) is 0.843. The van der Waals surface area contributed by atoms with Gasteiger partial charge in [0.15, 0.2) is 0 Å². The van der Waals surface area contributed by atoms with Gasteiger partial charge in [-0.15, -0.1) is 0 Å². The van der Waals surface area contributed by atoms with Gasteiger partial charge in [0.05, 0.1) is 5.60 Å². The van der Waals surface area contributed by atoms with Gasteiger partial charge in [-0.25, -0.2) is 0 Å². The van der Waals surface area contributed by atoms with Crippen LogP contribution in [0, 0.1) is 11.3 Å². The van der Waals surface area contributed by atoms with Crippen molar-refractivity contribution in [2.75, 3.05) is 31.2 Å². The smallest absolute Gasteiger partial charge is 0.142 e. The van der Waals surface area contributed by atoms with Crippen LogP contribution in [-0.4, -0.2) is 42.6 Å². The normalized spacial score (nSPS) is 38.5. The largest absolute Gasteiger partial charge is 0.374 e. The predicted molar refractivity (Wildman–Crippen MR) is 78.6 cm³/mol. The molecule has 3 fully saturated rings. The SMILES string of the molecule is CC1(C(=O)C2CCOC3(CCSC3)C2)CCNCC1. The second-order valence-corrected chi connectivity index (χ2v) is 7.80. The molecule has 2 unspecified atom stereocenters. The highest BCUT2D eigenvalue weighted by atomic mass is 32.2. The highest BCUT2D eigenvalue weighted by molar-refractivity contribution is 7.99. The Morgan fingerprint density at radius 3 is 2.79 bits per heavy atom. The van der Waals surface area contributed by atoms with E-state index >= 15 is 0 Å². The van der Waals surface area contributed by atoms with Gasteiger partial charge in [0, 0.05) is 23.7 Å².